The first kappa shape index (κ1) is 43.0. The lowest BCUT2D eigenvalue weighted by molar-refractivity contribution is -0.137. The molecule has 4 heterocycles. The number of nitrogens with one attached hydrogen (secondary N) is 2. The fraction of sp³-hybridized carbons (Fsp3) is 0.548. The number of anilines is 3. The van der Waals surface area contributed by atoms with Gasteiger partial charge in [-0.15, -0.1) is 0 Å². The zero-order valence-electron chi connectivity index (χ0n) is 34.3. The quantitative estimate of drug-likeness (QED) is 0.217. The van der Waals surface area contributed by atoms with E-state index in [2.05, 4.69) is 34.5 Å². The van der Waals surface area contributed by atoms with Crippen LogP contribution in [0, 0.1) is 17.2 Å². The maximum atomic E-state index is 13.8. The summed E-state index contributed by atoms with van der Waals surface area (Å²) < 4.78 is 49.3. The molecule has 0 radical (unpaired) electrons. The minimum Gasteiger partial charge on any atom is -0.378 e. The number of urea groups is 1. The van der Waals surface area contributed by atoms with Crippen LogP contribution in [0.25, 0.3) is 10.9 Å². The Morgan fingerprint density at radius 3 is 2.43 bits per heavy atom. The highest BCUT2D eigenvalue weighted by Gasteiger charge is 2.52. The fourth-order valence-corrected chi connectivity index (χ4v) is 10.1. The molecule has 320 valence electrons. The van der Waals surface area contributed by atoms with Gasteiger partial charge in [0.1, 0.15) is 5.54 Å². The number of halogens is 3. The van der Waals surface area contributed by atoms with Crippen LogP contribution in [0.15, 0.2) is 36.4 Å². The predicted molar refractivity (Wildman–Crippen MR) is 222 cm³/mol. The average Bonchev–Trinajstić information content (AvgIpc) is 3.61. The Morgan fingerprint density at radius 1 is 1.08 bits per heavy atom. The Bertz CT molecular complexity index is 2240. The molecule has 1 aliphatic carbocycles. The molecule has 1 aromatic heterocycles. The molecule has 0 unspecified atom stereocenters. The van der Waals surface area contributed by atoms with Crippen molar-refractivity contribution in [2.75, 3.05) is 34.8 Å². The Hall–Kier alpha value is -5.12. The number of aromatic nitrogens is 2. The normalized spacial score (nSPS) is 25.2. The van der Waals surface area contributed by atoms with Gasteiger partial charge in [-0.3, -0.25) is 39.1 Å². The molecule has 7 rings (SSSR count). The molecule has 3 aliphatic heterocycles. The van der Waals surface area contributed by atoms with Crippen LogP contribution >= 0.6 is 12.2 Å². The summed E-state index contributed by atoms with van der Waals surface area (Å²) in [5.74, 6) is -0.0434. The number of thiocarbonyl (C=S) groups is 1. The lowest BCUT2D eigenvalue weighted by atomic mass is 9.85. The topological polar surface area (TPSA) is 156 Å². The largest absolute Gasteiger partial charge is 0.417 e. The molecular formula is C42H50F3N9O5S. The SMILES string of the molecule is C[C@@H]1C[C@@H](CCOC2CCC(N3C(=S)N(c4ccc(C#N)c(C(F)(F)F)c4)C(=O)C3(C)C)CC2)C[C@H](C)N1CC(=O)Nc1cccc2c(N3CCC(=O)NC3=O)nn(C)c12. The number of aryl methyl sites for hydroxylation is 1. The van der Waals surface area contributed by atoms with Crippen molar-refractivity contribution in [1.82, 2.24) is 24.9 Å². The Morgan fingerprint density at radius 2 is 1.78 bits per heavy atom. The molecule has 60 heavy (non-hydrogen) atoms. The van der Waals surface area contributed by atoms with Crippen molar-refractivity contribution >= 4 is 69.2 Å². The van der Waals surface area contributed by atoms with Crippen LogP contribution in [0.4, 0.5) is 35.2 Å². The molecule has 0 bridgehead atoms. The van der Waals surface area contributed by atoms with Crippen LogP contribution in [0.5, 0.6) is 0 Å². The number of alkyl halides is 3. The monoisotopic (exact) mass is 849 g/mol. The lowest BCUT2D eigenvalue weighted by Crippen LogP contribution is -2.51. The number of hydrogen-bond acceptors (Lipinski definition) is 9. The number of para-hydroxylation sites is 1. The molecule has 14 nitrogen and oxygen atoms in total. The van der Waals surface area contributed by atoms with E-state index < -0.39 is 34.8 Å². The maximum absolute atomic E-state index is 13.8. The Balaban J connectivity index is 0.884. The molecule has 4 aliphatic rings. The molecule has 18 heteroatoms. The number of carbonyl (C=O) groups is 4. The van der Waals surface area contributed by atoms with Gasteiger partial charge in [0.05, 0.1) is 46.7 Å². The van der Waals surface area contributed by atoms with Gasteiger partial charge in [-0.05, 0) is 121 Å². The third-order valence-electron chi connectivity index (χ3n) is 12.5. The van der Waals surface area contributed by atoms with Gasteiger partial charge >= 0.3 is 12.2 Å². The van der Waals surface area contributed by atoms with Crippen molar-refractivity contribution < 1.29 is 37.1 Å². The van der Waals surface area contributed by atoms with Gasteiger partial charge in [0.25, 0.3) is 5.91 Å². The second-order valence-electron chi connectivity index (χ2n) is 16.9. The number of nitrogens with zero attached hydrogens (tertiary/aromatic N) is 7. The standard InChI is InChI=1S/C42H50F3N9O5S/c1-24-19-26(20-25(2)52(24)23-35(56)47-33-8-6-7-31-36(33)50(5)49-37(31)51-17-15-34(55)48-39(51)58)16-18-59-30-13-11-28(12-14-30)54-40(60)53(38(57)41(54,3)4)29-10-9-27(22-46)32(21-29)42(43,44)45/h6-10,21,24-26,28,30H,11-20,23H2,1-5H3,(H,47,56)(H,48,55,58)/t24-,25+,26-,28?,30?. The van der Waals surface area contributed by atoms with E-state index in [1.165, 1.54) is 11.0 Å². The van der Waals surface area contributed by atoms with Gasteiger partial charge in [-0.1, -0.05) is 6.07 Å². The summed E-state index contributed by atoms with van der Waals surface area (Å²) in [5, 5.41) is 20.0. The number of imide groups is 1. The number of ether oxygens (including phenoxy) is 1. The number of rotatable bonds is 10. The molecule has 0 spiro atoms. The molecular weight excluding hydrogens is 800 g/mol. The minimum atomic E-state index is -4.77. The Kier molecular flexibility index (Phi) is 12.0. The summed E-state index contributed by atoms with van der Waals surface area (Å²) >= 11 is 5.75. The van der Waals surface area contributed by atoms with Crippen molar-refractivity contribution in [3.05, 3.63) is 47.5 Å². The summed E-state index contributed by atoms with van der Waals surface area (Å²) in [6.07, 6.45) is 1.11. The van der Waals surface area contributed by atoms with Crippen LogP contribution in [-0.2, 0) is 32.3 Å². The second kappa shape index (κ2) is 16.7. The first-order valence-corrected chi connectivity index (χ1v) is 20.8. The highest BCUT2D eigenvalue weighted by Crippen LogP contribution is 2.41. The summed E-state index contributed by atoms with van der Waals surface area (Å²) in [4.78, 5) is 58.1. The number of carbonyl (C=O) groups excluding carboxylic acids is 4. The zero-order valence-corrected chi connectivity index (χ0v) is 35.2. The minimum absolute atomic E-state index is 0.0117. The molecule has 3 aromatic rings. The summed E-state index contributed by atoms with van der Waals surface area (Å²) in [5.41, 5.74) is -1.45. The number of benzene rings is 2. The average molecular weight is 850 g/mol. The van der Waals surface area contributed by atoms with Crippen LogP contribution in [0.1, 0.15) is 90.2 Å². The summed E-state index contributed by atoms with van der Waals surface area (Å²) in [7, 11) is 1.75. The van der Waals surface area contributed by atoms with Crippen molar-refractivity contribution in [2.24, 2.45) is 13.0 Å². The van der Waals surface area contributed by atoms with E-state index in [0.29, 0.717) is 47.8 Å². The predicted octanol–water partition coefficient (Wildman–Crippen LogP) is 6.47. The molecule has 3 atom stereocenters. The smallest absolute Gasteiger partial charge is 0.378 e. The Labute approximate surface area is 351 Å². The number of likely N-dealkylation sites (tertiary alicyclic amines) is 1. The highest BCUT2D eigenvalue weighted by atomic mass is 32.1. The second-order valence-corrected chi connectivity index (χ2v) is 17.3. The van der Waals surface area contributed by atoms with Gasteiger partial charge in [-0.25, -0.2) is 4.79 Å². The number of hydrogen-bond donors (Lipinski definition) is 2. The van der Waals surface area contributed by atoms with E-state index in [-0.39, 0.29) is 66.4 Å². The molecule has 3 saturated heterocycles. The van der Waals surface area contributed by atoms with Crippen molar-refractivity contribution in [2.45, 2.75) is 115 Å². The highest BCUT2D eigenvalue weighted by molar-refractivity contribution is 7.80. The molecule has 1 saturated carbocycles. The van der Waals surface area contributed by atoms with E-state index in [4.69, 9.17) is 17.0 Å². The van der Waals surface area contributed by atoms with Gasteiger partial charge in [0, 0.05) is 50.1 Å². The zero-order chi connectivity index (χ0) is 43.3. The number of nitriles is 1. The van der Waals surface area contributed by atoms with E-state index in [0.717, 1.165) is 49.1 Å². The van der Waals surface area contributed by atoms with Gasteiger partial charge < -0.3 is 15.0 Å². The van der Waals surface area contributed by atoms with Crippen molar-refractivity contribution in [3.63, 3.8) is 0 Å². The number of fused-ring (bicyclic) bond motifs is 1. The maximum Gasteiger partial charge on any atom is 0.417 e. The van der Waals surface area contributed by atoms with Crippen LogP contribution in [0.2, 0.25) is 0 Å². The summed E-state index contributed by atoms with van der Waals surface area (Å²) in [6, 6.07) is 9.98. The van der Waals surface area contributed by atoms with Crippen LogP contribution < -0.4 is 20.4 Å². The van der Waals surface area contributed by atoms with E-state index >= 15 is 0 Å². The van der Waals surface area contributed by atoms with E-state index in [1.54, 1.807) is 37.7 Å². The molecule has 2 aromatic carbocycles. The molecule has 4 fully saturated rings. The molecule has 5 amide bonds. The number of amides is 5. The first-order chi connectivity index (χ1) is 28.4. The van der Waals surface area contributed by atoms with Crippen LogP contribution in [-0.4, -0.2) is 97.9 Å². The van der Waals surface area contributed by atoms with E-state index in [9.17, 15) is 37.6 Å². The van der Waals surface area contributed by atoms with Crippen LogP contribution in [0.3, 0.4) is 0 Å². The third kappa shape index (κ3) is 8.31. The lowest BCUT2D eigenvalue weighted by Gasteiger charge is -2.42. The van der Waals surface area contributed by atoms with Gasteiger partial charge in [0.15, 0.2) is 10.9 Å². The van der Waals surface area contributed by atoms with Gasteiger partial charge in [0.2, 0.25) is 11.8 Å². The number of piperidine rings is 1. The summed E-state index contributed by atoms with van der Waals surface area (Å²) in [6.45, 7) is 8.81. The molecule has 2 N–H and O–H groups in total. The van der Waals surface area contributed by atoms with Crippen molar-refractivity contribution in [1.29, 1.82) is 5.26 Å². The van der Waals surface area contributed by atoms with Crippen molar-refractivity contribution in [3.8, 4) is 6.07 Å². The van der Waals surface area contributed by atoms with Gasteiger partial charge in [-0.2, -0.15) is 23.5 Å². The fourth-order valence-electron chi connectivity index (χ4n) is 9.58. The first-order valence-electron chi connectivity index (χ1n) is 20.4. The third-order valence-corrected chi connectivity index (χ3v) is 12.9. The van der Waals surface area contributed by atoms with E-state index in [1.807, 2.05) is 17.0 Å².